The lowest BCUT2D eigenvalue weighted by Crippen LogP contribution is -2.22. The zero-order valence-corrected chi connectivity index (χ0v) is 4.89. The fourth-order valence-electron chi connectivity index (χ4n) is 0.221. The van der Waals surface area contributed by atoms with Gasteiger partial charge < -0.3 is 0 Å². The fraction of sp³-hybridized carbons (Fsp3) is 0.600. The Balaban J connectivity index is 2.81. The van der Waals surface area contributed by atoms with E-state index in [1.54, 1.807) is 11.1 Å². The van der Waals surface area contributed by atoms with Crippen LogP contribution < -0.4 is 5.43 Å². The standard InChI is InChI=1S/C5H11N2/c1-4-5-6-7(2)3/h4H,1,5H2,2-3H3. The maximum absolute atomic E-state index is 3.96. The number of rotatable bonds is 3. The third-order valence-corrected chi connectivity index (χ3v) is 0.494. The molecule has 0 atom stereocenters. The quantitative estimate of drug-likeness (QED) is 0.366. The highest BCUT2D eigenvalue weighted by Gasteiger charge is 1.81. The molecule has 0 amide bonds. The van der Waals surface area contributed by atoms with E-state index in [-0.39, 0.29) is 0 Å². The Morgan fingerprint density at radius 3 is 2.43 bits per heavy atom. The van der Waals surface area contributed by atoms with Crippen LogP contribution in [0.5, 0.6) is 0 Å². The molecule has 0 unspecified atom stereocenters. The zero-order valence-electron chi connectivity index (χ0n) is 4.89. The normalized spacial score (nSPS) is 9.57. The Morgan fingerprint density at radius 2 is 2.29 bits per heavy atom. The molecule has 0 saturated carbocycles. The van der Waals surface area contributed by atoms with Crippen LogP contribution in [0.4, 0.5) is 0 Å². The predicted octanol–water partition coefficient (Wildman–Crippen LogP) is 0.253. The second kappa shape index (κ2) is 3.84. The van der Waals surface area contributed by atoms with Crippen molar-refractivity contribution < 1.29 is 0 Å². The van der Waals surface area contributed by atoms with Gasteiger partial charge in [-0.2, -0.15) is 5.43 Å². The summed E-state index contributed by atoms with van der Waals surface area (Å²) >= 11 is 0. The first-order valence-electron chi connectivity index (χ1n) is 2.23. The molecule has 0 N–H and O–H groups in total. The molecule has 7 heavy (non-hydrogen) atoms. The van der Waals surface area contributed by atoms with E-state index in [4.69, 9.17) is 0 Å². The highest BCUT2D eigenvalue weighted by atomic mass is 15.5. The largest absolute Gasteiger partial charge is 0.233 e. The first-order valence-corrected chi connectivity index (χ1v) is 2.23. The molecule has 2 heteroatoms. The van der Waals surface area contributed by atoms with Gasteiger partial charge in [-0.1, -0.05) is 6.08 Å². The van der Waals surface area contributed by atoms with Gasteiger partial charge in [-0.25, -0.2) is 5.01 Å². The second-order valence-corrected chi connectivity index (χ2v) is 1.46. The smallest absolute Gasteiger partial charge is 0.0484 e. The molecule has 0 aromatic rings. The lowest BCUT2D eigenvalue weighted by Gasteiger charge is -2.04. The molecule has 0 aliphatic rings. The van der Waals surface area contributed by atoms with Gasteiger partial charge in [0.25, 0.3) is 0 Å². The summed E-state index contributed by atoms with van der Waals surface area (Å²) in [6.07, 6.45) is 1.76. The molecule has 41 valence electrons. The van der Waals surface area contributed by atoms with Gasteiger partial charge in [0.2, 0.25) is 0 Å². The number of nitrogens with zero attached hydrogens (tertiary/aromatic N) is 2. The third kappa shape index (κ3) is 5.66. The maximum Gasteiger partial charge on any atom is 0.0484 e. The summed E-state index contributed by atoms with van der Waals surface area (Å²) < 4.78 is 0. The monoisotopic (exact) mass is 99.1 g/mol. The van der Waals surface area contributed by atoms with Crippen LogP contribution in [0, 0.1) is 0 Å². The molecule has 1 radical (unpaired) electrons. The summed E-state index contributed by atoms with van der Waals surface area (Å²) in [6, 6.07) is 0. The summed E-state index contributed by atoms with van der Waals surface area (Å²) in [6.45, 7) is 4.23. The molecule has 0 aliphatic heterocycles. The highest BCUT2D eigenvalue weighted by Crippen LogP contribution is 1.65. The molecule has 0 saturated heterocycles. The van der Waals surface area contributed by atoms with E-state index in [1.165, 1.54) is 0 Å². The Hall–Kier alpha value is -0.340. The first-order chi connectivity index (χ1) is 3.27. The van der Waals surface area contributed by atoms with Crippen molar-refractivity contribution in [3.05, 3.63) is 12.7 Å². The van der Waals surface area contributed by atoms with Crippen molar-refractivity contribution in [1.29, 1.82) is 0 Å². The molecule has 0 spiro atoms. The van der Waals surface area contributed by atoms with E-state index in [1.807, 2.05) is 14.1 Å². The SMILES string of the molecule is C=CC[N]N(C)C. The molecule has 0 fully saturated rings. The van der Waals surface area contributed by atoms with Crippen molar-refractivity contribution in [1.82, 2.24) is 10.4 Å². The molecule has 0 aromatic heterocycles. The average Bonchev–Trinajstić information content (AvgIpc) is 1.61. The lowest BCUT2D eigenvalue weighted by atomic mass is 10.7. The summed E-state index contributed by atoms with van der Waals surface area (Å²) in [7, 11) is 3.78. The van der Waals surface area contributed by atoms with Crippen LogP contribution in [-0.2, 0) is 0 Å². The van der Waals surface area contributed by atoms with Crippen LogP contribution in [0.3, 0.4) is 0 Å². The Morgan fingerprint density at radius 1 is 1.71 bits per heavy atom. The number of hydrogen-bond donors (Lipinski definition) is 0. The summed E-state index contributed by atoms with van der Waals surface area (Å²) in [4.78, 5) is 0. The van der Waals surface area contributed by atoms with Crippen molar-refractivity contribution >= 4 is 0 Å². The van der Waals surface area contributed by atoms with Gasteiger partial charge in [0.15, 0.2) is 0 Å². The molecule has 2 nitrogen and oxygen atoms in total. The van der Waals surface area contributed by atoms with Gasteiger partial charge in [0.1, 0.15) is 0 Å². The van der Waals surface area contributed by atoms with Crippen LogP contribution in [0.15, 0.2) is 12.7 Å². The summed E-state index contributed by atoms with van der Waals surface area (Å²) in [5.41, 5.74) is 3.96. The summed E-state index contributed by atoms with van der Waals surface area (Å²) in [5, 5.41) is 1.77. The first kappa shape index (κ1) is 6.66. The minimum Gasteiger partial charge on any atom is -0.233 e. The van der Waals surface area contributed by atoms with Gasteiger partial charge >= 0.3 is 0 Å². The Bertz CT molecular complexity index is 50.0. The predicted molar refractivity (Wildman–Crippen MR) is 30.9 cm³/mol. The van der Waals surface area contributed by atoms with E-state index in [0.717, 1.165) is 0 Å². The van der Waals surface area contributed by atoms with Gasteiger partial charge in [0.05, 0.1) is 0 Å². The van der Waals surface area contributed by atoms with Crippen LogP contribution in [0.25, 0.3) is 0 Å². The highest BCUT2D eigenvalue weighted by molar-refractivity contribution is 4.66. The molecular weight excluding hydrogens is 88.1 g/mol. The van der Waals surface area contributed by atoms with Crippen LogP contribution in [0.1, 0.15) is 0 Å². The van der Waals surface area contributed by atoms with Gasteiger partial charge in [-0.3, -0.25) is 0 Å². The molecule has 0 bridgehead atoms. The van der Waals surface area contributed by atoms with Crippen molar-refractivity contribution in [3.8, 4) is 0 Å². The van der Waals surface area contributed by atoms with Gasteiger partial charge in [0, 0.05) is 20.6 Å². The van der Waals surface area contributed by atoms with Crippen molar-refractivity contribution in [2.45, 2.75) is 0 Å². The molecule has 0 aromatic carbocycles. The maximum atomic E-state index is 3.96. The van der Waals surface area contributed by atoms with Crippen molar-refractivity contribution in [2.24, 2.45) is 0 Å². The van der Waals surface area contributed by atoms with E-state index < -0.39 is 0 Å². The van der Waals surface area contributed by atoms with Crippen LogP contribution >= 0.6 is 0 Å². The summed E-state index contributed by atoms with van der Waals surface area (Å²) in [5.74, 6) is 0. The molecule has 0 rings (SSSR count). The van der Waals surface area contributed by atoms with Gasteiger partial charge in [-0.15, -0.1) is 6.58 Å². The van der Waals surface area contributed by atoms with Gasteiger partial charge in [-0.05, 0) is 0 Å². The van der Waals surface area contributed by atoms with Crippen molar-refractivity contribution in [2.75, 3.05) is 20.6 Å². The Kier molecular flexibility index (Phi) is 3.65. The Labute approximate surface area is 44.8 Å². The molecule has 0 heterocycles. The second-order valence-electron chi connectivity index (χ2n) is 1.46. The zero-order chi connectivity index (χ0) is 5.70. The minimum absolute atomic E-state index is 0.715. The van der Waals surface area contributed by atoms with Crippen molar-refractivity contribution in [3.63, 3.8) is 0 Å². The molecule has 0 aliphatic carbocycles. The van der Waals surface area contributed by atoms with Crippen LogP contribution in [-0.4, -0.2) is 25.6 Å². The fourth-order valence-corrected chi connectivity index (χ4v) is 0.221. The minimum atomic E-state index is 0.715. The topological polar surface area (TPSA) is 17.3 Å². The average molecular weight is 99.2 g/mol. The van der Waals surface area contributed by atoms with E-state index >= 15 is 0 Å². The third-order valence-electron chi connectivity index (χ3n) is 0.494. The van der Waals surface area contributed by atoms with E-state index in [0.29, 0.717) is 6.54 Å². The van der Waals surface area contributed by atoms with Crippen LogP contribution in [0.2, 0.25) is 0 Å². The van der Waals surface area contributed by atoms with E-state index in [9.17, 15) is 0 Å². The molecular formula is C5H11N2. The van der Waals surface area contributed by atoms with E-state index in [2.05, 4.69) is 12.0 Å². The lowest BCUT2D eigenvalue weighted by molar-refractivity contribution is 0.296. The number of hydrogen-bond acceptors (Lipinski definition) is 1.